The molecule has 0 bridgehead atoms. The van der Waals surface area contributed by atoms with Crippen LogP contribution in [-0.2, 0) is 16.6 Å². The van der Waals surface area contributed by atoms with Gasteiger partial charge in [0, 0.05) is 24.2 Å². The van der Waals surface area contributed by atoms with Crippen LogP contribution in [-0.4, -0.2) is 18.4 Å². The van der Waals surface area contributed by atoms with Crippen molar-refractivity contribution in [2.45, 2.75) is 51.0 Å². The average Bonchev–Trinajstić information content (AvgIpc) is 2.52. The van der Waals surface area contributed by atoms with Crippen molar-refractivity contribution in [2.24, 2.45) is 5.14 Å². The number of aromatic nitrogens is 2. The van der Waals surface area contributed by atoms with Crippen LogP contribution in [0.2, 0.25) is 0 Å². The number of hydrogen-bond donors (Lipinski definition) is 2. The lowest BCUT2D eigenvalue weighted by Crippen LogP contribution is -2.12. The first-order valence-corrected chi connectivity index (χ1v) is 9.46. The minimum atomic E-state index is -3.66. The van der Waals surface area contributed by atoms with E-state index in [0.717, 1.165) is 22.9 Å². The van der Waals surface area contributed by atoms with E-state index >= 15 is 0 Å². The topological polar surface area (TPSA) is 98.0 Å². The van der Waals surface area contributed by atoms with Crippen molar-refractivity contribution >= 4 is 15.8 Å². The van der Waals surface area contributed by atoms with E-state index in [-0.39, 0.29) is 10.8 Å². The summed E-state index contributed by atoms with van der Waals surface area (Å²) in [5, 5.41) is 8.38. The van der Waals surface area contributed by atoms with Gasteiger partial charge in [-0.15, -0.1) is 0 Å². The number of primary sulfonamides is 1. The Morgan fingerprint density at radius 1 is 1.04 bits per heavy atom. The summed E-state index contributed by atoms with van der Waals surface area (Å²) in [6.07, 6.45) is 0. The number of rotatable bonds is 6. The van der Waals surface area contributed by atoms with Gasteiger partial charge in [0.25, 0.3) is 0 Å². The van der Waals surface area contributed by atoms with Crippen LogP contribution in [0.5, 0.6) is 0 Å². The Morgan fingerprint density at radius 2 is 1.67 bits per heavy atom. The first-order chi connectivity index (χ1) is 11.2. The van der Waals surface area contributed by atoms with Gasteiger partial charge >= 0.3 is 0 Å². The predicted octanol–water partition coefficient (Wildman–Crippen LogP) is 2.98. The zero-order chi connectivity index (χ0) is 17.9. The van der Waals surface area contributed by atoms with E-state index in [1.54, 1.807) is 12.1 Å². The Kier molecular flexibility index (Phi) is 5.56. The van der Waals surface area contributed by atoms with Crippen molar-refractivity contribution in [2.75, 3.05) is 5.32 Å². The Morgan fingerprint density at radius 3 is 2.17 bits per heavy atom. The summed E-state index contributed by atoms with van der Waals surface area (Å²) >= 11 is 0. The highest BCUT2D eigenvalue weighted by molar-refractivity contribution is 7.89. The third-order valence-electron chi connectivity index (χ3n) is 3.60. The molecule has 130 valence electrons. The summed E-state index contributed by atoms with van der Waals surface area (Å²) in [5.74, 6) is 2.15. The molecule has 0 unspecified atom stereocenters. The zero-order valence-electron chi connectivity index (χ0n) is 14.4. The second-order valence-electron chi connectivity index (χ2n) is 6.39. The standard InChI is InChI=1S/C17H24N4O2S/c1-11(2)15-9-16(21-17(20-15)12(3)4)19-10-13-5-7-14(8-6-13)24(18,22)23/h5-9,11-12H,10H2,1-4H3,(H2,18,22,23)(H,19,20,21). The van der Waals surface area contributed by atoms with Crippen molar-refractivity contribution in [3.63, 3.8) is 0 Å². The number of benzene rings is 1. The highest BCUT2D eigenvalue weighted by Crippen LogP contribution is 2.20. The minimum Gasteiger partial charge on any atom is -0.366 e. The molecular weight excluding hydrogens is 324 g/mol. The molecule has 0 radical (unpaired) electrons. The van der Waals surface area contributed by atoms with E-state index in [1.807, 2.05) is 6.07 Å². The van der Waals surface area contributed by atoms with Crippen LogP contribution in [0.1, 0.15) is 56.6 Å². The molecular formula is C17H24N4O2S. The Bertz CT molecular complexity index is 774. The van der Waals surface area contributed by atoms with Crippen LogP contribution in [0, 0.1) is 0 Å². The lowest BCUT2D eigenvalue weighted by atomic mass is 10.1. The molecule has 0 amide bonds. The zero-order valence-corrected chi connectivity index (χ0v) is 15.3. The third-order valence-corrected chi connectivity index (χ3v) is 4.53. The predicted molar refractivity (Wildman–Crippen MR) is 95.4 cm³/mol. The molecule has 0 atom stereocenters. The quantitative estimate of drug-likeness (QED) is 0.836. The Labute approximate surface area is 143 Å². The van der Waals surface area contributed by atoms with Crippen LogP contribution >= 0.6 is 0 Å². The van der Waals surface area contributed by atoms with E-state index in [4.69, 9.17) is 5.14 Å². The first-order valence-electron chi connectivity index (χ1n) is 7.91. The summed E-state index contributed by atoms with van der Waals surface area (Å²) in [6.45, 7) is 8.87. The van der Waals surface area contributed by atoms with Gasteiger partial charge in [-0.05, 0) is 23.6 Å². The van der Waals surface area contributed by atoms with Gasteiger partial charge < -0.3 is 5.32 Å². The van der Waals surface area contributed by atoms with Gasteiger partial charge in [-0.3, -0.25) is 0 Å². The van der Waals surface area contributed by atoms with Crippen molar-refractivity contribution in [3.05, 3.63) is 47.4 Å². The van der Waals surface area contributed by atoms with Crippen LogP contribution in [0.15, 0.2) is 35.2 Å². The van der Waals surface area contributed by atoms with E-state index < -0.39 is 10.0 Å². The highest BCUT2D eigenvalue weighted by atomic mass is 32.2. The second-order valence-corrected chi connectivity index (χ2v) is 7.95. The molecule has 24 heavy (non-hydrogen) atoms. The largest absolute Gasteiger partial charge is 0.366 e. The number of sulfonamides is 1. The normalized spacial score (nSPS) is 12.0. The van der Waals surface area contributed by atoms with Gasteiger partial charge in [-0.2, -0.15) is 0 Å². The molecule has 0 fully saturated rings. The lowest BCUT2D eigenvalue weighted by molar-refractivity contribution is 0.598. The molecule has 0 spiro atoms. The molecule has 1 heterocycles. The molecule has 1 aromatic heterocycles. The van der Waals surface area contributed by atoms with E-state index in [0.29, 0.717) is 12.5 Å². The Balaban J connectivity index is 2.16. The number of anilines is 1. The van der Waals surface area contributed by atoms with Crippen molar-refractivity contribution in [1.82, 2.24) is 9.97 Å². The monoisotopic (exact) mass is 348 g/mol. The average molecular weight is 348 g/mol. The van der Waals surface area contributed by atoms with Gasteiger partial charge in [-0.25, -0.2) is 23.5 Å². The van der Waals surface area contributed by atoms with Crippen molar-refractivity contribution in [3.8, 4) is 0 Å². The molecule has 2 rings (SSSR count). The van der Waals surface area contributed by atoms with Crippen molar-refractivity contribution in [1.29, 1.82) is 0 Å². The summed E-state index contributed by atoms with van der Waals surface area (Å²) in [7, 11) is -3.66. The maximum Gasteiger partial charge on any atom is 0.238 e. The SMILES string of the molecule is CC(C)c1cc(NCc2ccc(S(N)(=O)=O)cc2)nc(C(C)C)n1. The summed E-state index contributed by atoms with van der Waals surface area (Å²) in [6, 6.07) is 8.44. The van der Waals surface area contributed by atoms with Gasteiger partial charge in [-0.1, -0.05) is 39.8 Å². The fourth-order valence-electron chi connectivity index (χ4n) is 2.12. The molecule has 0 saturated heterocycles. The number of nitrogens with one attached hydrogen (secondary N) is 1. The van der Waals surface area contributed by atoms with E-state index in [9.17, 15) is 8.42 Å². The molecule has 2 aromatic rings. The van der Waals surface area contributed by atoms with Crippen LogP contribution in [0.3, 0.4) is 0 Å². The number of nitrogens with zero attached hydrogens (tertiary/aromatic N) is 2. The molecule has 7 heteroatoms. The number of nitrogens with two attached hydrogens (primary N) is 1. The van der Waals surface area contributed by atoms with Crippen LogP contribution in [0.4, 0.5) is 5.82 Å². The molecule has 3 N–H and O–H groups in total. The Hall–Kier alpha value is -1.99. The summed E-state index contributed by atoms with van der Waals surface area (Å²) < 4.78 is 22.5. The molecule has 0 aliphatic carbocycles. The molecule has 0 aliphatic heterocycles. The minimum absolute atomic E-state index is 0.109. The fraction of sp³-hybridized carbons (Fsp3) is 0.412. The number of hydrogen-bond acceptors (Lipinski definition) is 5. The maximum absolute atomic E-state index is 11.3. The van der Waals surface area contributed by atoms with Gasteiger partial charge in [0.2, 0.25) is 10.0 Å². The highest BCUT2D eigenvalue weighted by Gasteiger charge is 2.11. The van der Waals surface area contributed by atoms with Crippen LogP contribution < -0.4 is 10.5 Å². The van der Waals surface area contributed by atoms with E-state index in [2.05, 4.69) is 43.0 Å². The molecule has 0 aliphatic rings. The third kappa shape index (κ3) is 4.75. The van der Waals surface area contributed by atoms with Gasteiger partial charge in [0.1, 0.15) is 11.6 Å². The second kappa shape index (κ2) is 7.27. The van der Waals surface area contributed by atoms with E-state index in [1.165, 1.54) is 12.1 Å². The molecule has 1 aromatic carbocycles. The van der Waals surface area contributed by atoms with Crippen molar-refractivity contribution < 1.29 is 8.42 Å². The maximum atomic E-state index is 11.3. The van der Waals surface area contributed by atoms with Gasteiger partial charge in [0.05, 0.1) is 4.90 Å². The first kappa shape index (κ1) is 18.4. The smallest absolute Gasteiger partial charge is 0.238 e. The molecule has 6 nitrogen and oxygen atoms in total. The summed E-state index contributed by atoms with van der Waals surface area (Å²) in [5.41, 5.74) is 1.94. The molecule has 0 saturated carbocycles. The van der Waals surface area contributed by atoms with Crippen LogP contribution in [0.25, 0.3) is 0 Å². The van der Waals surface area contributed by atoms with Gasteiger partial charge in [0.15, 0.2) is 0 Å². The summed E-state index contributed by atoms with van der Waals surface area (Å²) in [4.78, 5) is 9.25. The fourth-order valence-corrected chi connectivity index (χ4v) is 2.63. The lowest BCUT2D eigenvalue weighted by Gasteiger charge is -2.13.